The van der Waals surface area contributed by atoms with Gasteiger partial charge in [0.15, 0.2) is 0 Å². The summed E-state index contributed by atoms with van der Waals surface area (Å²) in [5.74, 6) is 0. The SMILES string of the molecule is CN(CCCN1CCCC1)Cc1cnc(S(C)(=O)=O)n1CC1CCCO1. The van der Waals surface area contributed by atoms with Gasteiger partial charge in [0.25, 0.3) is 0 Å². The Hall–Kier alpha value is -0.960. The van der Waals surface area contributed by atoms with Gasteiger partial charge in [-0.1, -0.05) is 0 Å². The molecule has 0 aromatic carbocycles. The number of aromatic nitrogens is 2. The van der Waals surface area contributed by atoms with Gasteiger partial charge in [0, 0.05) is 19.4 Å². The fourth-order valence-electron chi connectivity index (χ4n) is 3.93. The quantitative estimate of drug-likeness (QED) is 0.641. The highest BCUT2D eigenvalue weighted by atomic mass is 32.2. The van der Waals surface area contributed by atoms with Gasteiger partial charge < -0.3 is 19.1 Å². The number of hydrogen-bond acceptors (Lipinski definition) is 6. The zero-order valence-corrected chi connectivity index (χ0v) is 16.9. The Labute approximate surface area is 157 Å². The van der Waals surface area contributed by atoms with E-state index in [4.69, 9.17) is 4.74 Å². The van der Waals surface area contributed by atoms with Crippen molar-refractivity contribution < 1.29 is 13.2 Å². The Morgan fingerprint density at radius 1 is 1.31 bits per heavy atom. The van der Waals surface area contributed by atoms with Crippen LogP contribution < -0.4 is 0 Å². The van der Waals surface area contributed by atoms with E-state index in [9.17, 15) is 8.42 Å². The van der Waals surface area contributed by atoms with Gasteiger partial charge in [0.1, 0.15) is 0 Å². The topological polar surface area (TPSA) is 67.7 Å². The summed E-state index contributed by atoms with van der Waals surface area (Å²) in [6, 6.07) is 0. The first-order valence-corrected chi connectivity index (χ1v) is 11.6. The van der Waals surface area contributed by atoms with Crippen LogP contribution in [0.5, 0.6) is 0 Å². The molecule has 3 rings (SSSR count). The lowest BCUT2D eigenvalue weighted by atomic mass is 10.2. The van der Waals surface area contributed by atoms with Crippen LogP contribution in [-0.4, -0.2) is 80.0 Å². The lowest BCUT2D eigenvalue weighted by molar-refractivity contribution is 0.0934. The minimum Gasteiger partial charge on any atom is -0.376 e. The molecule has 2 fully saturated rings. The zero-order chi connectivity index (χ0) is 18.6. The van der Waals surface area contributed by atoms with Gasteiger partial charge in [-0.2, -0.15) is 0 Å². The molecule has 2 aliphatic rings. The molecule has 148 valence electrons. The fourth-order valence-corrected chi connectivity index (χ4v) is 4.76. The fraction of sp³-hybridized carbons (Fsp3) is 0.833. The van der Waals surface area contributed by atoms with Gasteiger partial charge in [-0.15, -0.1) is 0 Å². The normalized spacial score (nSPS) is 21.9. The molecule has 0 N–H and O–H groups in total. The van der Waals surface area contributed by atoms with E-state index in [0.717, 1.165) is 44.7 Å². The van der Waals surface area contributed by atoms with Crippen molar-refractivity contribution in [2.24, 2.45) is 0 Å². The molecule has 2 saturated heterocycles. The summed E-state index contributed by atoms with van der Waals surface area (Å²) in [4.78, 5) is 8.99. The summed E-state index contributed by atoms with van der Waals surface area (Å²) in [5, 5.41) is 0.161. The van der Waals surface area contributed by atoms with Crippen LogP contribution in [-0.2, 0) is 27.7 Å². The number of nitrogens with zero attached hydrogens (tertiary/aromatic N) is 4. The lowest BCUT2D eigenvalue weighted by Gasteiger charge is -2.21. The summed E-state index contributed by atoms with van der Waals surface area (Å²) < 4.78 is 31.8. The molecule has 0 spiro atoms. The second kappa shape index (κ2) is 8.82. The van der Waals surface area contributed by atoms with Crippen molar-refractivity contribution in [1.29, 1.82) is 0 Å². The second-order valence-corrected chi connectivity index (χ2v) is 9.60. The van der Waals surface area contributed by atoms with Crippen molar-refractivity contribution in [3.8, 4) is 0 Å². The van der Waals surface area contributed by atoms with Crippen LogP contribution in [0.15, 0.2) is 11.4 Å². The molecule has 0 saturated carbocycles. The maximum absolute atomic E-state index is 12.1. The van der Waals surface area contributed by atoms with E-state index in [-0.39, 0.29) is 11.3 Å². The Morgan fingerprint density at radius 2 is 2.08 bits per heavy atom. The molecule has 8 heteroatoms. The number of rotatable bonds is 9. The third kappa shape index (κ3) is 5.28. The van der Waals surface area contributed by atoms with Crippen LogP contribution in [0.1, 0.15) is 37.8 Å². The first-order chi connectivity index (χ1) is 12.4. The van der Waals surface area contributed by atoms with Gasteiger partial charge in [0.05, 0.1) is 24.5 Å². The van der Waals surface area contributed by atoms with Gasteiger partial charge in [-0.05, 0) is 65.3 Å². The van der Waals surface area contributed by atoms with Crippen molar-refractivity contribution in [3.05, 3.63) is 11.9 Å². The number of imidazole rings is 1. The van der Waals surface area contributed by atoms with Crippen LogP contribution in [0, 0.1) is 0 Å². The monoisotopic (exact) mass is 384 g/mol. The van der Waals surface area contributed by atoms with E-state index in [0.29, 0.717) is 13.1 Å². The molecule has 1 atom stereocenters. The summed E-state index contributed by atoms with van der Waals surface area (Å²) in [6.45, 7) is 6.64. The highest BCUT2D eigenvalue weighted by Crippen LogP contribution is 2.19. The van der Waals surface area contributed by atoms with Gasteiger partial charge in [0.2, 0.25) is 15.0 Å². The van der Waals surface area contributed by atoms with Crippen LogP contribution >= 0.6 is 0 Å². The number of sulfone groups is 1. The molecule has 1 unspecified atom stereocenters. The van der Waals surface area contributed by atoms with Crippen LogP contribution in [0.3, 0.4) is 0 Å². The molecular formula is C18H32N4O3S. The molecule has 26 heavy (non-hydrogen) atoms. The third-order valence-electron chi connectivity index (χ3n) is 5.29. The largest absolute Gasteiger partial charge is 0.376 e. The predicted molar refractivity (Wildman–Crippen MR) is 101 cm³/mol. The number of likely N-dealkylation sites (tertiary alicyclic amines) is 1. The maximum atomic E-state index is 12.1. The van der Waals surface area contributed by atoms with Crippen LogP contribution in [0.2, 0.25) is 0 Å². The summed E-state index contributed by atoms with van der Waals surface area (Å²) in [5.41, 5.74) is 0.949. The molecule has 7 nitrogen and oxygen atoms in total. The van der Waals surface area contributed by atoms with E-state index >= 15 is 0 Å². The van der Waals surface area contributed by atoms with Gasteiger partial charge >= 0.3 is 0 Å². The standard InChI is InChI=1S/C18H32N4O3S/c1-20(8-6-11-21-9-3-4-10-21)14-16-13-19-18(26(2,23)24)22(16)15-17-7-5-12-25-17/h13,17H,3-12,14-15H2,1-2H3. The summed E-state index contributed by atoms with van der Waals surface area (Å²) >= 11 is 0. The second-order valence-electron chi connectivity index (χ2n) is 7.69. The first-order valence-electron chi connectivity index (χ1n) is 9.70. The smallest absolute Gasteiger partial charge is 0.227 e. The van der Waals surface area contributed by atoms with Crippen LogP contribution in [0.25, 0.3) is 0 Å². The van der Waals surface area contributed by atoms with Gasteiger partial charge in [-0.3, -0.25) is 0 Å². The van der Waals surface area contributed by atoms with Crippen molar-refractivity contribution >= 4 is 9.84 Å². The molecule has 0 aliphatic carbocycles. The molecular weight excluding hydrogens is 352 g/mol. The Bertz CT molecular complexity index is 677. The molecule has 0 amide bonds. The van der Waals surface area contributed by atoms with Crippen molar-refractivity contribution in [2.45, 2.75) is 56.5 Å². The zero-order valence-electron chi connectivity index (χ0n) is 16.1. The average Bonchev–Trinajstić information content (AvgIpc) is 3.30. The Morgan fingerprint density at radius 3 is 2.73 bits per heavy atom. The van der Waals surface area contributed by atoms with E-state index in [2.05, 4.69) is 21.8 Å². The molecule has 0 radical (unpaired) electrons. The first kappa shape index (κ1) is 19.8. The number of hydrogen-bond donors (Lipinski definition) is 0. The predicted octanol–water partition coefficient (Wildman–Crippen LogP) is 1.38. The molecule has 1 aromatic heterocycles. The average molecular weight is 385 g/mol. The molecule has 3 heterocycles. The van der Waals surface area contributed by atoms with E-state index in [1.807, 2.05) is 4.57 Å². The molecule has 0 bridgehead atoms. The van der Waals surface area contributed by atoms with E-state index < -0.39 is 9.84 Å². The summed E-state index contributed by atoms with van der Waals surface area (Å²) in [6.07, 6.45) is 8.83. The maximum Gasteiger partial charge on any atom is 0.227 e. The van der Waals surface area contributed by atoms with E-state index in [1.54, 1.807) is 6.20 Å². The van der Waals surface area contributed by atoms with Crippen molar-refractivity contribution in [3.63, 3.8) is 0 Å². The molecule has 2 aliphatic heterocycles. The Kier molecular flexibility index (Phi) is 6.71. The Balaban J connectivity index is 1.61. The van der Waals surface area contributed by atoms with Crippen LogP contribution in [0.4, 0.5) is 0 Å². The summed E-state index contributed by atoms with van der Waals surface area (Å²) in [7, 11) is -1.26. The van der Waals surface area contributed by atoms with E-state index in [1.165, 1.54) is 32.2 Å². The van der Waals surface area contributed by atoms with Crippen molar-refractivity contribution in [2.75, 3.05) is 46.1 Å². The minimum absolute atomic E-state index is 0.0870. The van der Waals surface area contributed by atoms with Crippen molar-refractivity contribution in [1.82, 2.24) is 19.4 Å². The third-order valence-corrected chi connectivity index (χ3v) is 6.28. The lowest BCUT2D eigenvalue weighted by Crippen LogP contribution is -2.27. The molecule has 1 aromatic rings. The minimum atomic E-state index is -3.35. The number of ether oxygens (including phenoxy) is 1. The van der Waals surface area contributed by atoms with Gasteiger partial charge in [-0.25, -0.2) is 13.4 Å². The highest BCUT2D eigenvalue weighted by Gasteiger charge is 2.24. The highest BCUT2D eigenvalue weighted by molar-refractivity contribution is 7.90.